The molecule has 0 aliphatic carbocycles. The average molecular weight is 198 g/mol. The first-order valence-electron chi connectivity index (χ1n) is 5.48. The summed E-state index contributed by atoms with van der Waals surface area (Å²) in [6.45, 7) is 10.9. The van der Waals surface area contributed by atoms with Gasteiger partial charge in [0.1, 0.15) is 0 Å². The highest BCUT2D eigenvalue weighted by molar-refractivity contribution is 5.82. The summed E-state index contributed by atoms with van der Waals surface area (Å²) in [6.07, 6.45) is 1.04. The lowest BCUT2D eigenvalue weighted by atomic mass is 9.93. The van der Waals surface area contributed by atoms with Crippen LogP contribution in [0.2, 0.25) is 0 Å². The molecule has 0 spiro atoms. The fourth-order valence-corrected chi connectivity index (χ4v) is 1.62. The van der Waals surface area contributed by atoms with Crippen molar-refractivity contribution in [3.63, 3.8) is 0 Å². The molecule has 0 aromatic rings. The van der Waals surface area contributed by atoms with Gasteiger partial charge in [-0.25, -0.2) is 0 Å². The maximum Gasteiger partial charge on any atom is 0.228 e. The third kappa shape index (κ3) is 2.47. The predicted molar refractivity (Wildman–Crippen MR) is 58.1 cm³/mol. The number of rotatable bonds is 3. The van der Waals surface area contributed by atoms with Crippen molar-refractivity contribution in [2.24, 2.45) is 5.41 Å². The van der Waals surface area contributed by atoms with Crippen molar-refractivity contribution in [2.45, 2.75) is 40.2 Å². The minimum absolute atomic E-state index is 0.245. The Kier molecular flexibility index (Phi) is 3.53. The molecule has 0 radical (unpaired) electrons. The second kappa shape index (κ2) is 4.30. The van der Waals surface area contributed by atoms with E-state index in [-0.39, 0.29) is 11.3 Å². The van der Waals surface area contributed by atoms with Crippen molar-refractivity contribution in [1.82, 2.24) is 10.2 Å². The van der Waals surface area contributed by atoms with Crippen molar-refractivity contribution in [1.29, 1.82) is 0 Å². The molecule has 0 atom stereocenters. The van der Waals surface area contributed by atoms with Gasteiger partial charge in [-0.15, -0.1) is 0 Å². The number of nitrogens with zero attached hydrogens (tertiary/aromatic N) is 1. The van der Waals surface area contributed by atoms with Gasteiger partial charge < -0.3 is 10.2 Å². The largest absolute Gasteiger partial charge is 0.337 e. The molecule has 1 N–H and O–H groups in total. The van der Waals surface area contributed by atoms with E-state index in [1.54, 1.807) is 0 Å². The Morgan fingerprint density at radius 2 is 2.00 bits per heavy atom. The maximum atomic E-state index is 12.1. The van der Waals surface area contributed by atoms with Gasteiger partial charge in [-0.2, -0.15) is 0 Å². The molecule has 1 aliphatic heterocycles. The molecule has 0 saturated carbocycles. The van der Waals surface area contributed by atoms with Crippen molar-refractivity contribution in [2.75, 3.05) is 19.6 Å². The van der Waals surface area contributed by atoms with E-state index in [0.29, 0.717) is 6.04 Å². The summed E-state index contributed by atoms with van der Waals surface area (Å²) < 4.78 is 0. The van der Waals surface area contributed by atoms with Crippen molar-refractivity contribution < 1.29 is 4.79 Å². The summed E-state index contributed by atoms with van der Waals surface area (Å²) in [6, 6.07) is 0.432. The number of amides is 1. The van der Waals surface area contributed by atoms with Gasteiger partial charge in [-0.3, -0.25) is 4.79 Å². The lowest BCUT2D eigenvalue weighted by Crippen LogP contribution is -2.60. The van der Waals surface area contributed by atoms with Crippen LogP contribution in [0.4, 0.5) is 0 Å². The molecule has 1 rings (SSSR count). The van der Waals surface area contributed by atoms with Crippen LogP contribution in [0.15, 0.2) is 0 Å². The van der Waals surface area contributed by atoms with Gasteiger partial charge in [0.05, 0.1) is 6.04 Å². The van der Waals surface area contributed by atoms with E-state index in [2.05, 4.69) is 12.2 Å². The molecule has 1 fully saturated rings. The van der Waals surface area contributed by atoms with Crippen LogP contribution in [0.3, 0.4) is 0 Å². The fraction of sp³-hybridized carbons (Fsp3) is 0.909. The van der Waals surface area contributed by atoms with Crippen LogP contribution in [-0.4, -0.2) is 36.5 Å². The van der Waals surface area contributed by atoms with Crippen LogP contribution in [0.1, 0.15) is 34.1 Å². The lowest BCUT2D eigenvalue weighted by Gasteiger charge is -2.41. The number of carbonyl (C=O) groups is 1. The number of hydrogen-bond donors (Lipinski definition) is 1. The van der Waals surface area contributed by atoms with E-state index in [1.165, 1.54) is 0 Å². The molecular formula is C11H22N2O. The standard InChI is InChI=1S/C11H22N2O/c1-5-6-13(9-7-12-8-9)10(14)11(2,3)4/h9,12H,5-8H2,1-4H3. The van der Waals surface area contributed by atoms with Crippen LogP contribution < -0.4 is 5.32 Å². The highest BCUT2D eigenvalue weighted by atomic mass is 16.2. The molecule has 1 heterocycles. The van der Waals surface area contributed by atoms with Crippen LogP contribution in [0, 0.1) is 5.41 Å². The van der Waals surface area contributed by atoms with Gasteiger partial charge in [0.25, 0.3) is 0 Å². The van der Waals surface area contributed by atoms with Crippen LogP contribution >= 0.6 is 0 Å². The quantitative estimate of drug-likeness (QED) is 0.740. The van der Waals surface area contributed by atoms with Gasteiger partial charge in [-0.1, -0.05) is 27.7 Å². The van der Waals surface area contributed by atoms with Gasteiger partial charge >= 0.3 is 0 Å². The summed E-state index contributed by atoms with van der Waals surface area (Å²) in [5, 5.41) is 3.21. The number of hydrogen-bond acceptors (Lipinski definition) is 2. The van der Waals surface area contributed by atoms with Gasteiger partial charge in [-0.05, 0) is 6.42 Å². The summed E-state index contributed by atoms with van der Waals surface area (Å²) in [5.41, 5.74) is -0.245. The fourth-order valence-electron chi connectivity index (χ4n) is 1.62. The van der Waals surface area contributed by atoms with Crippen molar-refractivity contribution >= 4 is 5.91 Å². The summed E-state index contributed by atoms with van der Waals surface area (Å²) in [5.74, 6) is 0.283. The number of nitrogens with one attached hydrogen (secondary N) is 1. The van der Waals surface area contributed by atoms with Gasteiger partial charge in [0.15, 0.2) is 0 Å². The Morgan fingerprint density at radius 3 is 2.29 bits per heavy atom. The molecule has 14 heavy (non-hydrogen) atoms. The third-order valence-electron chi connectivity index (χ3n) is 2.57. The molecular weight excluding hydrogens is 176 g/mol. The van der Waals surface area contributed by atoms with E-state index in [4.69, 9.17) is 0 Å². The summed E-state index contributed by atoms with van der Waals surface area (Å²) in [4.78, 5) is 14.1. The molecule has 1 saturated heterocycles. The molecule has 0 bridgehead atoms. The van der Waals surface area contributed by atoms with E-state index < -0.39 is 0 Å². The molecule has 82 valence electrons. The van der Waals surface area contributed by atoms with E-state index in [1.807, 2.05) is 25.7 Å². The zero-order chi connectivity index (χ0) is 10.8. The summed E-state index contributed by atoms with van der Waals surface area (Å²) >= 11 is 0. The first kappa shape index (κ1) is 11.5. The number of carbonyl (C=O) groups excluding carboxylic acids is 1. The minimum Gasteiger partial charge on any atom is -0.337 e. The second-order valence-corrected chi connectivity index (χ2v) is 5.06. The molecule has 0 aromatic carbocycles. The topological polar surface area (TPSA) is 32.3 Å². The first-order valence-corrected chi connectivity index (χ1v) is 5.48. The Hall–Kier alpha value is -0.570. The van der Waals surface area contributed by atoms with Crippen LogP contribution in [0.5, 0.6) is 0 Å². The molecule has 0 unspecified atom stereocenters. The van der Waals surface area contributed by atoms with Crippen molar-refractivity contribution in [3.8, 4) is 0 Å². The smallest absolute Gasteiger partial charge is 0.228 e. The second-order valence-electron chi connectivity index (χ2n) is 5.06. The molecule has 1 amide bonds. The highest BCUT2D eigenvalue weighted by Crippen LogP contribution is 2.20. The zero-order valence-corrected chi connectivity index (χ0v) is 9.76. The van der Waals surface area contributed by atoms with Gasteiger partial charge in [0, 0.05) is 25.0 Å². The monoisotopic (exact) mass is 198 g/mol. The highest BCUT2D eigenvalue weighted by Gasteiger charge is 2.33. The third-order valence-corrected chi connectivity index (χ3v) is 2.57. The van der Waals surface area contributed by atoms with Crippen LogP contribution in [0.25, 0.3) is 0 Å². The van der Waals surface area contributed by atoms with E-state index in [0.717, 1.165) is 26.1 Å². The summed E-state index contributed by atoms with van der Waals surface area (Å²) in [7, 11) is 0. The Bertz CT molecular complexity index is 204. The lowest BCUT2D eigenvalue weighted by molar-refractivity contribution is -0.143. The molecule has 3 heteroatoms. The Morgan fingerprint density at radius 1 is 1.43 bits per heavy atom. The minimum atomic E-state index is -0.245. The maximum absolute atomic E-state index is 12.1. The Labute approximate surface area is 86.9 Å². The Balaban J connectivity index is 2.61. The first-order chi connectivity index (χ1) is 6.46. The normalized spacial score (nSPS) is 17.7. The van der Waals surface area contributed by atoms with E-state index in [9.17, 15) is 4.79 Å². The molecule has 1 aliphatic rings. The molecule has 3 nitrogen and oxygen atoms in total. The SMILES string of the molecule is CCCN(C(=O)C(C)(C)C)C1CNC1. The van der Waals surface area contributed by atoms with Gasteiger partial charge in [0.2, 0.25) is 5.91 Å². The van der Waals surface area contributed by atoms with Crippen LogP contribution in [-0.2, 0) is 4.79 Å². The molecule has 0 aromatic heterocycles. The average Bonchev–Trinajstić information content (AvgIpc) is 1.97. The van der Waals surface area contributed by atoms with E-state index >= 15 is 0 Å². The predicted octanol–water partition coefficient (Wildman–Crippen LogP) is 1.24. The van der Waals surface area contributed by atoms with Crippen molar-refractivity contribution in [3.05, 3.63) is 0 Å². The zero-order valence-electron chi connectivity index (χ0n) is 9.76.